The monoisotopic (exact) mass is 213 g/mol. The summed E-state index contributed by atoms with van der Waals surface area (Å²) in [4.78, 5) is 0. The van der Waals surface area contributed by atoms with Gasteiger partial charge in [-0.25, -0.2) is 0 Å². The minimum Gasteiger partial charge on any atom is -0.330 e. The molecule has 2 N–H and O–H groups in total. The van der Waals surface area contributed by atoms with Crippen molar-refractivity contribution in [2.75, 3.05) is 6.54 Å². The van der Waals surface area contributed by atoms with Gasteiger partial charge in [0.1, 0.15) is 0 Å². The highest BCUT2D eigenvalue weighted by Gasteiger charge is 2.09. The van der Waals surface area contributed by atoms with Gasteiger partial charge in [-0.05, 0) is 61.9 Å². The Morgan fingerprint density at radius 1 is 1.12 bits per heavy atom. The highest BCUT2D eigenvalue weighted by molar-refractivity contribution is 5.42. The number of fused-ring (bicyclic) bond motifs is 1. The van der Waals surface area contributed by atoms with Gasteiger partial charge in [0, 0.05) is 12.0 Å². The summed E-state index contributed by atoms with van der Waals surface area (Å²) < 4.78 is 0. The van der Waals surface area contributed by atoms with Crippen LogP contribution in [-0.4, -0.2) is 6.54 Å². The summed E-state index contributed by atoms with van der Waals surface area (Å²) in [5.41, 5.74) is 9.64. The molecule has 84 valence electrons. The Bertz CT molecular complexity index is 409. The van der Waals surface area contributed by atoms with Gasteiger partial charge in [-0.3, -0.25) is 0 Å². The summed E-state index contributed by atoms with van der Waals surface area (Å²) in [6, 6.07) is 6.66. The number of hydrogen-bond donors (Lipinski definition) is 1. The van der Waals surface area contributed by atoms with E-state index in [0.29, 0.717) is 0 Å². The third-order valence-corrected chi connectivity index (χ3v) is 3.09. The lowest BCUT2D eigenvalue weighted by atomic mass is 10.1. The highest BCUT2D eigenvalue weighted by atomic mass is 14.5. The fourth-order valence-corrected chi connectivity index (χ4v) is 2.17. The Kier molecular flexibility index (Phi) is 4.02. The predicted octanol–water partition coefficient (Wildman–Crippen LogP) is 2.66. The van der Waals surface area contributed by atoms with Crippen LogP contribution < -0.4 is 5.73 Å². The van der Waals surface area contributed by atoms with E-state index in [4.69, 9.17) is 5.73 Å². The average Bonchev–Trinajstić information content (AvgIpc) is 2.76. The lowest BCUT2D eigenvalue weighted by molar-refractivity contribution is 0.768. The van der Waals surface area contributed by atoms with Crippen LogP contribution in [0.5, 0.6) is 0 Å². The first kappa shape index (κ1) is 11.2. The van der Waals surface area contributed by atoms with Crippen LogP contribution >= 0.6 is 0 Å². The molecule has 1 nitrogen and oxygen atoms in total. The predicted molar refractivity (Wildman–Crippen MR) is 68.3 cm³/mol. The summed E-state index contributed by atoms with van der Waals surface area (Å²) in [5, 5.41) is 0. The van der Waals surface area contributed by atoms with Crippen LogP contribution in [0, 0.1) is 11.8 Å². The summed E-state index contributed by atoms with van der Waals surface area (Å²) in [7, 11) is 0. The molecule has 1 aromatic carbocycles. The molecule has 0 aliphatic heterocycles. The van der Waals surface area contributed by atoms with Crippen molar-refractivity contribution >= 4 is 0 Å². The molecule has 2 rings (SSSR count). The van der Waals surface area contributed by atoms with Gasteiger partial charge < -0.3 is 5.73 Å². The second-order valence-electron chi connectivity index (χ2n) is 4.38. The number of nitrogens with two attached hydrogens (primary N) is 1. The van der Waals surface area contributed by atoms with E-state index in [0.717, 1.165) is 25.8 Å². The number of benzene rings is 1. The quantitative estimate of drug-likeness (QED) is 0.606. The summed E-state index contributed by atoms with van der Waals surface area (Å²) in [6.07, 6.45) is 6.96. The Morgan fingerprint density at radius 2 is 2.00 bits per heavy atom. The maximum Gasteiger partial charge on any atom is 0.0248 e. The Hall–Kier alpha value is -1.26. The van der Waals surface area contributed by atoms with E-state index in [2.05, 4.69) is 30.0 Å². The van der Waals surface area contributed by atoms with Crippen LogP contribution in [-0.2, 0) is 12.8 Å². The molecule has 0 radical (unpaired) electrons. The molecule has 1 aliphatic rings. The molecule has 1 aliphatic carbocycles. The maximum atomic E-state index is 5.44. The minimum absolute atomic E-state index is 0.778. The van der Waals surface area contributed by atoms with Gasteiger partial charge in [-0.2, -0.15) is 0 Å². The molecule has 0 saturated carbocycles. The zero-order chi connectivity index (χ0) is 11.2. The topological polar surface area (TPSA) is 26.0 Å². The first-order valence-corrected chi connectivity index (χ1v) is 6.21. The van der Waals surface area contributed by atoms with Crippen molar-refractivity contribution in [2.45, 2.75) is 38.5 Å². The second kappa shape index (κ2) is 5.72. The van der Waals surface area contributed by atoms with E-state index < -0.39 is 0 Å². The second-order valence-corrected chi connectivity index (χ2v) is 4.38. The molecule has 0 fully saturated rings. The fraction of sp³-hybridized carbons (Fsp3) is 0.467. The zero-order valence-electron chi connectivity index (χ0n) is 9.76. The van der Waals surface area contributed by atoms with Crippen molar-refractivity contribution in [3.8, 4) is 11.8 Å². The largest absolute Gasteiger partial charge is 0.330 e. The van der Waals surface area contributed by atoms with Crippen molar-refractivity contribution in [2.24, 2.45) is 5.73 Å². The van der Waals surface area contributed by atoms with Crippen LogP contribution in [0.1, 0.15) is 42.4 Å². The van der Waals surface area contributed by atoms with E-state index in [-0.39, 0.29) is 0 Å². The number of rotatable bonds is 3. The van der Waals surface area contributed by atoms with E-state index in [1.165, 1.54) is 36.0 Å². The number of unbranched alkanes of at least 4 members (excludes halogenated alkanes) is 2. The van der Waals surface area contributed by atoms with Crippen molar-refractivity contribution < 1.29 is 0 Å². The minimum atomic E-state index is 0.778. The molecule has 0 atom stereocenters. The number of aryl methyl sites for hydroxylation is 2. The molecule has 0 unspecified atom stereocenters. The first-order valence-electron chi connectivity index (χ1n) is 6.21. The van der Waals surface area contributed by atoms with E-state index in [9.17, 15) is 0 Å². The third-order valence-electron chi connectivity index (χ3n) is 3.09. The summed E-state index contributed by atoms with van der Waals surface area (Å²) in [6.45, 7) is 0.778. The molecule has 0 spiro atoms. The van der Waals surface area contributed by atoms with Gasteiger partial charge >= 0.3 is 0 Å². The van der Waals surface area contributed by atoms with Gasteiger partial charge in [0.25, 0.3) is 0 Å². The van der Waals surface area contributed by atoms with Crippen molar-refractivity contribution in [1.82, 2.24) is 0 Å². The zero-order valence-corrected chi connectivity index (χ0v) is 9.76. The SMILES string of the molecule is NCCCCC#Cc1ccc2c(c1)CCC2. The van der Waals surface area contributed by atoms with Gasteiger partial charge in [-0.1, -0.05) is 17.9 Å². The Balaban J connectivity index is 1.94. The third kappa shape index (κ3) is 2.87. The van der Waals surface area contributed by atoms with E-state index >= 15 is 0 Å². The van der Waals surface area contributed by atoms with Gasteiger partial charge in [0.15, 0.2) is 0 Å². The Morgan fingerprint density at radius 3 is 2.88 bits per heavy atom. The maximum absolute atomic E-state index is 5.44. The lowest BCUT2D eigenvalue weighted by Gasteiger charge is -1.98. The van der Waals surface area contributed by atoms with Crippen LogP contribution in [0.15, 0.2) is 18.2 Å². The molecule has 1 aromatic rings. The number of hydrogen-bond acceptors (Lipinski definition) is 1. The molecule has 0 aromatic heterocycles. The van der Waals surface area contributed by atoms with E-state index in [1.807, 2.05) is 0 Å². The molecular weight excluding hydrogens is 194 g/mol. The van der Waals surface area contributed by atoms with Gasteiger partial charge in [0.2, 0.25) is 0 Å². The summed E-state index contributed by atoms with van der Waals surface area (Å²) >= 11 is 0. The molecule has 16 heavy (non-hydrogen) atoms. The normalized spacial score (nSPS) is 13.1. The lowest BCUT2D eigenvalue weighted by Crippen LogP contribution is -1.96. The van der Waals surface area contributed by atoms with Gasteiger partial charge in [0.05, 0.1) is 0 Å². The summed E-state index contributed by atoms with van der Waals surface area (Å²) in [5.74, 6) is 6.46. The van der Waals surface area contributed by atoms with Gasteiger partial charge in [-0.15, -0.1) is 0 Å². The Labute approximate surface area is 98.0 Å². The smallest absolute Gasteiger partial charge is 0.0248 e. The van der Waals surface area contributed by atoms with Crippen molar-refractivity contribution in [3.63, 3.8) is 0 Å². The molecule has 0 heterocycles. The highest BCUT2D eigenvalue weighted by Crippen LogP contribution is 2.22. The molecule has 0 saturated heterocycles. The van der Waals surface area contributed by atoms with Crippen LogP contribution in [0.2, 0.25) is 0 Å². The average molecular weight is 213 g/mol. The fourth-order valence-electron chi connectivity index (χ4n) is 2.17. The molecular formula is C15H19N. The van der Waals surface area contributed by atoms with E-state index in [1.54, 1.807) is 0 Å². The molecule has 0 amide bonds. The molecule has 1 heteroatoms. The van der Waals surface area contributed by atoms with Crippen LogP contribution in [0.25, 0.3) is 0 Å². The molecule has 0 bridgehead atoms. The first-order chi connectivity index (χ1) is 7.90. The van der Waals surface area contributed by atoms with Crippen molar-refractivity contribution in [1.29, 1.82) is 0 Å². The van der Waals surface area contributed by atoms with Crippen LogP contribution in [0.4, 0.5) is 0 Å². The standard InChI is InChI=1S/C15H19N/c16-11-4-2-1-3-6-13-9-10-14-7-5-8-15(14)12-13/h9-10,12H,1-2,4-5,7-8,11,16H2. The van der Waals surface area contributed by atoms with Crippen molar-refractivity contribution in [3.05, 3.63) is 34.9 Å². The van der Waals surface area contributed by atoms with Crippen LogP contribution in [0.3, 0.4) is 0 Å².